The van der Waals surface area contributed by atoms with E-state index in [9.17, 15) is 0 Å². The first kappa shape index (κ1) is 12.4. The Morgan fingerprint density at radius 2 is 1.82 bits per heavy atom. The van der Waals surface area contributed by atoms with Crippen molar-refractivity contribution >= 4 is 5.69 Å². The third-order valence-corrected chi connectivity index (χ3v) is 4.18. The molecule has 0 saturated heterocycles. The fourth-order valence-electron chi connectivity index (χ4n) is 2.76. The molecule has 1 aliphatic carbocycles. The first-order chi connectivity index (χ1) is 8.09. The topological polar surface area (TPSA) is 29.3 Å². The van der Waals surface area contributed by atoms with Gasteiger partial charge in [0.15, 0.2) is 0 Å². The van der Waals surface area contributed by atoms with Crippen LogP contribution in [0.4, 0.5) is 5.69 Å². The maximum absolute atomic E-state index is 6.24. The largest absolute Gasteiger partial charge is 0.370 e. The molecule has 0 spiro atoms. The molecule has 1 aliphatic rings. The highest BCUT2D eigenvalue weighted by Crippen LogP contribution is 2.26. The number of hydrogen-bond acceptors (Lipinski definition) is 2. The minimum Gasteiger partial charge on any atom is -0.370 e. The van der Waals surface area contributed by atoms with Gasteiger partial charge in [0.25, 0.3) is 0 Å². The Morgan fingerprint density at radius 3 is 2.47 bits per heavy atom. The van der Waals surface area contributed by atoms with Gasteiger partial charge >= 0.3 is 0 Å². The second kappa shape index (κ2) is 5.09. The third-order valence-electron chi connectivity index (χ3n) is 4.18. The van der Waals surface area contributed by atoms with E-state index in [-0.39, 0.29) is 0 Å². The molecule has 1 saturated carbocycles. The maximum Gasteiger partial charge on any atom is 0.0437 e. The van der Waals surface area contributed by atoms with Crippen molar-refractivity contribution in [2.45, 2.75) is 51.6 Å². The molecule has 1 aromatic carbocycles. The second-order valence-corrected chi connectivity index (χ2v) is 5.40. The summed E-state index contributed by atoms with van der Waals surface area (Å²) in [5, 5.41) is 0. The molecule has 0 radical (unpaired) electrons. The van der Waals surface area contributed by atoms with Crippen molar-refractivity contribution in [1.29, 1.82) is 0 Å². The molecule has 0 heterocycles. The number of hydrogen-bond donors (Lipinski definition) is 1. The number of nitrogens with zero attached hydrogens (tertiary/aromatic N) is 1. The molecular weight excluding hydrogens is 208 g/mol. The van der Waals surface area contributed by atoms with Gasteiger partial charge in [0.2, 0.25) is 0 Å². The van der Waals surface area contributed by atoms with Crippen LogP contribution in [0.3, 0.4) is 0 Å². The molecule has 2 heteroatoms. The molecule has 0 amide bonds. The van der Waals surface area contributed by atoms with Gasteiger partial charge in [-0.3, -0.25) is 0 Å². The zero-order valence-corrected chi connectivity index (χ0v) is 11.2. The second-order valence-electron chi connectivity index (χ2n) is 5.40. The van der Waals surface area contributed by atoms with E-state index in [0.717, 1.165) is 0 Å². The number of aryl methyl sites for hydroxylation is 2. The van der Waals surface area contributed by atoms with Crippen molar-refractivity contribution in [1.82, 2.24) is 0 Å². The highest BCUT2D eigenvalue weighted by Gasteiger charge is 2.25. The van der Waals surface area contributed by atoms with Crippen LogP contribution in [0.2, 0.25) is 0 Å². The van der Waals surface area contributed by atoms with Crippen molar-refractivity contribution in [2.24, 2.45) is 5.73 Å². The lowest BCUT2D eigenvalue weighted by molar-refractivity contribution is 0.373. The van der Waals surface area contributed by atoms with Crippen LogP contribution in [0.1, 0.15) is 36.8 Å². The van der Waals surface area contributed by atoms with E-state index in [0.29, 0.717) is 12.1 Å². The molecule has 1 aromatic rings. The average molecular weight is 232 g/mol. The van der Waals surface area contributed by atoms with Gasteiger partial charge in [-0.2, -0.15) is 0 Å². The molecule has 2 N–H and O–H groups in total. The van der Waals surface area contributed by atoms with E-state index in [1.807, 2.05) is 0 Å². The smallest absolute Gasteiger partial charge is 0.0437 e. The highest BCUT2D eigenvalue weighted by atomic mass is 15.2. The summed E-state index contributed by atoms with van der Waals surface area (Å²) in [5.41, 5.74) is 10.3. The molecule has 94 valence electrons. The zero-order chi connectivity index (χ0) is 12.4. The van der Waals surface area contributed by atoms with Crippen LogP contribution in [0.15, 0.2) is 18.2 Å². The van der Waals surface area contributed by atoms with Gasteiger partial charge in [0.05, 0.1) is 0 Å². The standard InChI is InChI=1S/C15H24N2/c1-11-8-9-13(10-12(11)2)17(3)15-7-5-4-6-14(15)16/h8-10,14-15H,4-7,16H2,1-3H3. The van der Waals surface area contributed by atoms with Crippen LogP contribution in [0.25, 0.3) is 0 Å². The van der Waals surface area contributed by atoms with Gasteiger partial charge in [0.1, 0.15) is 0 Å². The summed E-state index contributed by atoms with van der Waals surface area (Å²) in [4.78, 5) is 2.37. The summed E-state index contributed by atoms with van der Waals surface area (Å²) < 4.78 is 0. The minimum atomic E-state index is 0.329. The Kier molecular flexibility index (Phi) is 3.72. The number of likely N-dealkylation sites (N-methyl/N-ethyl adjacent to an activating group) is 1. The van der Waals surface area contributed by atoms with Gasteiger partial charge in [-0.25, -0.2) is 0 Å². The van der Waals surface area contributed by atoms with Gasteiger partial charge in [-0.05, 0) is 49.9 Å². The molecule has 17 heavy (non-hydrogen) atoms. The Bertz CT molecular complexity index is 387. The van der Waals surface area contributed by atoms with Crippen molar-refractivity contribution in [3.63, 3.8) is 0 Å². The molecule has 2 rings (SSSR count). The number of anilines is 1. The van der Waals surface area contributed by atoms with E-state index in [1.54, 1.807) is 0 Å². The fourth-order valence-corrected chi connectivity index (χ4v) is 2.76. The first-order valence-corrected chi connectivity index (χ1v) is 6.65. The zero-order valence-electron chi connectivity index (χ0n) is 11.2. The SMILES string of the molecule is Cc1ccc(N(C)C2CCCCC2N)cc1C. The molecule has 0 bridgehead atoms. The van der Waals surface area contributed by atoms with E-state index in [2.05, 4.69) is 44.0 Å². The van der Waals surface area contributed by atoms with Crippen molar-refractivity contribution in [3.05, 3.63) is 29.3 Å². The Labute approximate surface area is 105 Å². The van der Waals surface area contributed by atoms with Gasteiger partial charge in [0, 0.05) is 24.8 Å². The normalized spacial score (nSPS) is 24.7. The predicted octanol–water partition coefficient (Wildman–Crippen LogP) is 3.01. The molecule has 2 atom stereocenters. The van der Waals surface area contributed by atoms with Gasteiger partial charge in [-0.15, -0.1) is 0 Å². The van der Waals surface area contributed by atoms with Crippen LogP contribution >= 0.6 is 0 Å². The van der Waals surface area contributed by atoms with Crippen molar-refractivity contribution in [2.75, 3.05) is 11.9 Å². The lowest BCUT2D eigenvalue weighted by Gasteiger charge is -2.37. The first-order valence-electron chi connectivity index (χ1n) is 6.65. The average Bonchev–Trinajstić information content (AvgIpc) is 2.32. The summed E-state index contributed by atoms with van der Waals surface area (Å²) in [6, 6.07) is 7.52. The summed E-state index contributed by atoms with van der Waals surface area (Å²) in [6.45, 7) is 4.33. The summed E-state index contributed by atoms with van der Waals surface area (Å²) in [6.07, 6.45) is 5.00. The van der Waals surface area contributed by atoms with Crippen LogP contribution in [0, 0.1) is 13.8 Å². The number of benzene rings is 1. The molecular formula is C15H24N2. The molecule has 0 aliphatic heterocycles. The van der Waals surface area contributed by atoms with Crippen molar-refractivity contribution in [3.8, 4) is 0 Å². The number of nitrogens with two attached hydrogens (primary N) is 1. The van der Waals surface area contributed by atoms with Gasteiger partial charge in [-0.1, -0.05) is 18.9 Å². The molecule has 0 aromatic heterocycles. The van der Waals surface area contributed by atoms with Crippen LogP contribution in [-0.4, -0.2) is 19.1 Å². The minimum absolute atomic E-state index is 0.329. The fraction of sp³-hybridized carbons (Fsp3) is 0.600. The maximum atomic E-state index is 6.24. The molecule has 1 fully saturated rings. The lowest BCUT2D eigenvalue weighted by atomic mass is 9.89. The summed E-state index contributed by atoms with van der Waals surface area (Å²) in [5.74, 6) is 0. The molecule has 2 nitrogen and oxygen atoms in total. The van der Waals surface area contributed by atoms with Crippen LogP contribution in [0.5, 0.6) is 0 Å². The Morgan fingerprint density at radius 1 is 1.12 bits per heavy atom. The predicted molar refractivity (Wildman–Crippen MR) is 74.6 cm³/mol. The highest BCUT2D eigenvalue weighted by molar-refractivity contribution is 5.51. The van der Waals surface area contributed by atoms with Crippen molar-refractivity contribution < 1.29 is 0 Å². The summed E-state index contributed by atoms with van der Waals surface area (Å²) >= 11 is 0. The lowest BCUT2D eigenvalue weighted by Crippen LogP contribution is -2.48. The summed E-state index contributed by atoms with van der Waals surface area (Å²) in [7, 11) is 2.18. The van der Waals surface area contributed by atoms with E-state index < -0.39 is 0 Å². The monoisotopic (exact) mass is 232 g/mol. The van der Waals surface area contributed by atoms with E-state index in [4.69, 9.17) is 5.73 Å². The van der Waals surface area contributed by atoms with E-state index in [1.165, 1.54) is 42.5 Å². The molecule has 2 unspecified atom stereocenters. The Hall–Kier alpha value is -1.02. The van der Waals surface area contributed by atoms with E-state index >= 15 is 0 Å². The van der Waals surface area contributed by atoms with Gasteiger partial charge < -0.3 is 10.6 Å². The van der Waals surface area contributed by atoms with Crippen LogP contribution < -0.4 is 10.6 Å². The number of rotatable bonds is 2. The Balaban J connectivity index is 2.17. The third kappa shape index (κ3) is 2.63. The van der Waals surface area contributed by atoms with Crippen LogP contribution in [-0.2, 0) is 0 Å². The quantitative estimate of drug-likeness (QED) is 0.849.